The molecule has 1 aromatic carbocycles. The van der Waals surface area contributed by atoms with Gasteiger partial charge in [0.25, 0.3) is 5.91 Å². The van der Waals surface area contributed by atoms with Crippen LogP contribution in [0.25, 0.3) is 0 Å². The molecule has 2 aromatic rings. The number of halogens is 1. The first-order chi connectivity index (χ1) is 10.5. The van der Waals surface area contributed by atoms with Crippen molar-refractivity contribution in [2.24, 2.45) is 0 Å². The van der Waals surface area contributed by atoms with E-state index in [1.165, 1.54) is 0 Å². The number of hydrogen-bond donors (Lipinski definition) is 2. The minimum atomic E-state index is -1.03. The van der Waals surface area contributed by atoms with Crippen LogP contribution >= 0.6 is 11.6 Å². The summed E-state index contributed by atoms with van der Waals surface area (Å²) in [5, 5.41) is 12.1. The smallest absolute Gasteiger partial charge is 0.305 e. The third-order valence-corrected chi connectivity index (χ3v) is 3.43. The van der Waals surface area contributed by atoms with Gasteiger partial charge in [-0.3, -0.25) is 9.59 Å². The van der Waals surface area contributed by atoms with E-state index in [4.69, 9.17) is 16.7 Å². The summed E-state index contributed by atoms with van der Waals surface area (Å²) in [5.41, 5.74) is 1.51. The number of carbonyl (C=O) groups excluding carboxylic acids is 1. The quantitative estimate of drug-likeness (QED) is 0.888. The van der Waals surface area contributed by atoms with Gasteiger partial charge in [-0.1, -0.05) is 35.9 Å². The molecule has 0 aliphatic heterocycles. The van der Waals surface area contributed by atoms with Gasteiger partial charge in [0.15, 0.2) is 0 Å². The molecule has 6 heteroatoms. The van der Waals surface area contributed by atoms with Gasteiger partial charge >= 0.3 is 5.97 Å². The number of carboxylic acids is 1. The molecular weight excluding hydrogens is 304 g/mol. The van der Waals surface area contributed by atoms with E-state index in [1.807, 2.05) is 0 Å². The maximum atomic E-state index is 12.3. The van der Waals surface area contributed by atoms with Crippen LogP contribution in [-0.2, 0) is 4.79 Å². The van der Waals surface area contributed by atoms with Crippen molar-refractivity contribution in [3.05, 3.63) is 64.4 Å². The first kappa shape index (κ1) is 16.0. The third-order valence-electron chi connectivity index (χ3n) is 3.09. The van der Waals surface area contributed by atoms with Gasteiger partial charge in [0.2, 0.25) is 0 Å². The fraction of sp³-hybridized carbons (Fsp3) is 0.188. The highest BCUT2D eigenvalue weighted by atomic mass is 35.5. The number of benzene rings is 1. The lowest BCUT2D eigenvalue weighted by atomic mass is 10.0. The van der Waals surface area contributed by atoms with Crippen LogP contribution in [0.4, 0.5) is 0 Å². The second kappa shape index (κ2) is 7.04. The molecule has 1 aromatic heterocycles. The number of pyridine rings is 1. The van der Waals surface area contributed by atoms with E-state index in [0.717, 1.165) is 0 Å². The molecule has 2 N–H and O–H groups in total. The Kier molecular flexibility index (Phi) is 5.12. The summed E-state index contributed by atoms with van der Waals surface area (Å²) in [6.07, 6.45) is -0.263. The van der Waals surface area contributed by atoms with Crippen LogP contribution in [0.2, 0.25) is 5.02 Å². The average molecular weight is 319 g/mol. The Morgan fingerprint density at radius 3 is 2.59 bits per heavy atom. The molecule has 0 bridgehead atoms. The van der Waals surface area contributed by atoms with Crippen LogP contribution in [0.3, 0.4) is 0 Å². The zero-order chi connectivity index (χ0) is 16.1. The molecule has 1 amide bonds. The van der Waals surface area contributed by atoms with E-state index in [2.05, 4.69) is 10.3 Å². The molecule has 1 atom stereocenters. The standard InChI is InChI=1S/C16H15ClN2O3/c1-10-5-4-8-13(18-10)16(22)19-14(9-15(20)21)11-6-2-3-7-12(11)17/h2-8,14H,9H2,1H3,(H,19,22)(H,20,21)/t14-/m0/s1. The van der Waals surface area contributed by atoms with Crippen LogP contribution in [0, 0.1) is 6.92 Å². The van der Waals surface area contributed by atoms with Crippen LogP contribution in [0.5, 0.6) is 0 Å². The molecule has 1 heterocycles. The van der Waals surface area contributed by atoms with E-state index in [-0.39, 0.29) is 12.1 Å². The fourth-order valence-corrected chi connectivity index (χ4v) is 2.34. The first-order valence-electron chi connectivity index (χ1n) is 6.68. The Labute approximate surface area is 133 Å². The van der Waals surface area contributed by atoms with Crippen molar-refractivity contribution in [2.75, 3.05) is 0 Å². The number of hydrogen-bond acceptors (Lipinski definition) is 3. The molecule has 0 aliphatic rings. The lowest BCUT2D eigenvalue weighted by Gasteiger charge is -2.18. The minimum absolute atomic E-state index is 0.238. The lowest BCUT2D eigenvalue weighted by Crippen LogP contribution is -2.31. The molecule has 0 saturated carbocycles. The Morgan fingerprint density at radius 1 is 1.23 bits per heavy atom. The van der Waals surface area contributed by atoms with E-state index in [0.29, 0.717) is 16.3 Å². The van der Waals surface area contributed by atoms with Gasteiger partial charge in [0.1, 0.15) is 5.69 Å². The van der Waals surface area contributed by atoms with Gasteiger partial charge in [-0.25, -0.2) is 4.98 Å². The predicted octanol–water partition coefficient (Wildman–Crippen LogP) is 2.99. The largest absolute Gasteiger partial charge is 0.481 e. The molecule has 0 radical (unpaired) electrons. The van der Waals surface area contributed by atoms with Crippen LogP contribution < -0.4 is 5.32 Å². The Bertz CT molecular complexity index is 703. The highest BCUT2D eigenvalue weighted by Crippen LogP contribution is 2.25. The average Bonchev–Trinajstić information content (AvgIpc) is 2.46. The minimum Gasteiger partial charge on any atom is -0.481 e. The number of nitrogens with one attached hydrogen (secondary N) is 1. The van der Waals surface area contributed by atoms with Crippen LogP contribution in [0.1, 0.15) is 34.2 Å². The van der Waals surface area contributed by atoms with E-state index in [9.17, 15) is 9.59 Å². The number of aryl methyl sites for hydroxylation is 1. The van der Waals surface area contributed by atoms with Crippen molar-refractivity contribution < 1.29 is 14.7 Å². The summed E-state index contributed by atoms with van der Waals surface area (Å²) < 4.78 is 0. The molecule has 5 nitrogen and oxygen atoms in total. The Morgan fingerprint density at radius 2 is 1.95 bits per heavy atom. The second-order valence-electron chi connectivity index (χ2n) is 4.81. The second-order valence-corrected chi connectivity index (χ2v) is 5.22. The van der Waals surface area contributed by atoms with Crippen LogP contribution in [-0.4, -0.2) is 22.0 Å². The summed E-state index contributed by atoms with van der Waals surface area (Å²) in [4.78, 5) is 27.4. The maximum Gasteiger partial charge on any atom is 0.305 e. The molecule has 0 spiro atoms. The zero-order valence-electron chi connectivity index (χ0n) is 11.9. The zero-order valence-corrected chi connectivity index (χ0v) is 12.7. The molecule has 0 unspecified atom stereocenters. The summed E-state index contributed by atoms with van der Waals surface area (Å²) in [6.45, 7) is 1.78. The molecular formula is C16H15ClN2O3. The fourth-order valence-electron chi connectivity index (χ4n) is 2.07. The van der Waals surface area contributed by atoms with Gasteiger partial charge < -0.3 is 10.4 Å². The topological polar surface area (TPSA) is 79.3 Å². The number of nitrogens with zero attached hydrogens (tertiary/aromatic N) is 1. The monoisotopic (exact) mass is 318 g/mol. The molecule has 2 rings (SSSR count). The van der Waals surface area contributed by atoms with Gasteiger partial charge in [0, 0.05) is 10.7 Å². The van der Waals surface area contributed by atoms with Crippen molar-refractivity contribution in [2.45, 2.75) is 19.4 Å². The molecule has 0 fully saturated rings. The maximum absolute atomic E-state index is 12.3. The number of amides is 1. The van der Waals surface area contributed by atoms with Crippen molar-refractivity contribution in [3.8, 4) is 0 Å². The highest BCUT2D eigenvalue weighted by Gasteiger charge is 2.21. The highest BCUT2D eigenvalue weighted by molar-refractivity contribution is 6.31. The summed E-state index contributed by atoms with van der Waals surface area (Å²) in [5.74, 6) is -1.46. The first-order valence-corrected chi connectivity index (χ1v) is 7.06. The van der Waals surface area contributed by atoms with E-state index >= 15 is 0 Å². The summed E-state index contributed by atoms with van der Waals surface area (Å²) >= 11 is 6.10. The Hall–Kier alpha value is -2.40. The molecule has 114 valence electrons. The number of aromatic nitrogens is 1. The summed E-state index contributed by atoms with van der Waals surface area (Å²) in [6, 6.07) is 11.2. The number of carbonyl (C=O) groups is 2. The Balaban J connectivity index is 2.25. The normalized spacial score (nSPS) is 11.7. The molecule has 0 saturated heterocycles. The van der Waals surface area contributed by atoms with Gasteiger partial charge in [-0.05, 0) is 30.7 Å². The van der Waals surface area contributed by atoms with Crippen LogP contribution in [0.15, 0.2) is 42.5 Å². The number of rotatable bonds is 5. The van der Waals surface area contributed by atoms with Gasteiger partial charge in [-0.2, -0.15) is 0 Å². The molecule has 0 aliphatic carbocycles. The number of aliphatic carboxylic acids is 1. The van der Waals surface area contributed by atoms with Crippen molar-refractivity contribution >= 4 is 23.5 Å². The van der Waals surface area contributed by atoms with Crippen molar-refractivity contribution in [1.82, 2.24) is 10.3 Å². The lowest BCUT2D eigenvalue weighted by molar-refractivity contribution is -0.137. The predicted molar refractivity (Wildman–Crippen MR) is 82.9 cm³/mol. The number of carboxylic acid groups (broad SMARTS) is 1. The third kappa shape index (κ3) is 4.05. The van der Waals surface area contributed by atoms with E-state index in [1.54, 1.807) is 49.4 Å². The van der Waals surface area contributed by atoms with Crippen molar-refractivity contribution in [1.29, 1.82) is 0 Å². The van der Waals surface area contributed by atoms with Crippen molar-refractivity contribution in [3.63, 3.8) is 0 Å². The summed E-state index contributed by atoms with van der Waals surface area (Å²) in [7, 11) is 0. The van der Waals surface area contributed by atoms with Gasteiger partial charge in [-0.15, -0.1) is 0 Å². The SMILES string of the molecule is Cc1cccc(C(=O)N[C@@H](CC(=O)O)c2ccccc2Cl)n1. The molecule has 22 heavy (non-hydrogen) atoms. The van der Waals surface area contributed by atoms with Gasteiger partial charge in [0.05, 0.1) is 12.5 Å². The van der Waals surface area contributed by atoms with E-state index < -0.39 is 17.9 Å².